The third-order valence-electron chi connectivity index (χ3n) is 3.82. The summed E-state index contributed by atoms with van der Waals surface area (Å²) in [7, 11) is 1.34. The van der Waals surface area contributed by atoms with Gasteiger partial charge >= 0.3 is 5.97 Å². The van der Waals surface area contributed by atoms with Crippen LogP contribution in [0.5, 0.6) is 0 Å². The minimum Gasteiger partial charge on any atom is -0.465 e. The Hall–Kier alpha value is -2.95. The Balaban J connectivity index is 1.95. The Morgan fingerprint density at radius 3 is 2.91 bits per heavy atom. The number of aryl methyl sites for hydroxylation is 2. The van der Waals surface area contributed by atoms with E-state index in [1.807, 2.05) is 35.2 Å². The number of fused-ring (bicyclic) bond motifs is 1. The fourth-order valence-corrected chi connectivity index (χ4v) is 2.64. The molecule has 0 N–H and O–H groups in total. The Morgan fingerprint density at radius 1 is 1.35 bits per heavy atom. The monoisotopic (exact) mass is 308 g/mol. The summed E-state index contributed by atoms with van der Waals surface area (Å²) in [5.41, 5.74) is 3.06. The molecule has 2 aromatic heterocycles. The molecule has 0 saturated heterocycles. The van der Waals surface area contributed by atoms with E-state index in [-0.39, 0.29) is 0 Å². The molecule has 0 fully saturated rings. The lowest BCUT2D eigenvalue weighted by Gasteiger charge is -2.06. The lowest BCUT2D eigenvalue weighted by Crippen LogP contribution is -2.02. The van der Waals surface area contributed by atoms with E-state index in [0.29, 0.717) is 11.1 Å². The molecule has 0 bridgehead atoms. The minimum absolute atomic E-state index is 0.410. The van der Waals surface area contributed by atoms with E-state index >= 15 is 0 Å². The van der Waals surface area contributed by atoms with Gasteiger partial charge in [0, 0.05) is 41.6 Å². The fraction of sp³-hybridized carbons (Fsp3) is 0.167. The van der Waals surface area contributed by atoms with Crippen LogP contribution in [0.1, 0.15) is 26.3 Å². The molecule has 0 aliphatic rings. The van der Waals surface area contributed by atoms with Gasteiger partial charge in [-0.3, -0.25) is 9.78 Å². The van der Waals surface area contributed by atoms with Gasteiger partial charge in [-0.25, -0.2) is 4.79 Å². The number of pyridine rings is 1. The molecule has 0 atom stereocenters. The molecule has 3 rings (SSSR count). The number of rotatable bonds is 5. The predicted molar refractivity (Wildman–Crippen MR) is 86.6 cm³/mol. The molecule has 5 heteroatoms. The summed E-state index contributed by atoms with van der Waals surface area (Å²) in [6, 6.07) is 9.18. The lowest BCUT2D eigenvalue weighted by molar-refractivity contribution is 0.0601. The van der Waals surface area contributed by atoms with Crippen molar-refractivity contribution in [3.05, 3.63) is 65.6 Å². The quantitative estimate of drug-likeness (QED) is 0.537. The van der Waals surface area contributed by atoms with E-state index in [2.05, 4.69) is 4.98 Å². The molecule has 1 aromatic carbocycles. The summed E-state index contributed by atoms with van der Waals surface area (Å²) >= 11 is 0. The van der Waals surface area contributed by atoms with Crippen LogP contribution in [0.25, 0.3) is 10.9 Å². The standard InChI is InChI=1S/C18H16N2O3/c1-23-18(22)14-4-5-17-16(9-14)15(12-21)11-20(17)8-6-13-3-2-7-19-10-13/h2-5,7,9-12H,6,8H2,1H3. The van der Waals surface area contributed by atoms with Gasteiger partial charge in [-0.1, -0.05) is 6.07 Å². The summed E-state index contributed by atoms with van der Waals surface area (Å²) in [5.74, 6) is -0.410. The topological polar surface area (TPSA) is 61.2 Å². The molecular formula is C18H16N2O3. The lowest BCUT2D eigenvalue weighted by atomic mass is 10.1. The van der Waals surface area contributed by atoms with Gasteiger partial charge in [-0.15, -0.1) is 0 Å². The summed E-state index contributed by atoms with van der Waals surface area (Å²) in [5, 5.41) is 0.758. The molecule has 0 aliphatic carbocycles. The van der Waals surface area contributed by atoms with Gasteiger partial charge in [0.05, 0.1) is 12.7 Å². The fourth-order valence-electron chi connectivity index (χ4n) is 2.64. The van der Waals surface area contributed by atoms with Crippen LogP contribution in [0.2, 0.25) is 0 Å². The zero-order valence-corrected chi connectivity index (χ0v) is 12.7. The van der Waals surface area contributed by atoms with E-state index in [0.717, 1.165) is 35.7 Å². The summed E-state index contributed by atoms with van der Waals surface area (Å²) < 4.78 is 6.75. The maximum Gasteiger partial charge on any atom is 0.337 e. The van der Waals surface area contributed by atoms with Crippen LogP contribution in [-0.2, 0) is 17.7 Å². The zero-order chi connectivity index (χ0) is 16.2. The summed E-state index contributed by atoms with van der Waals surface area (Å²) in [6.45, 7) is 0.730. The van der Waals surface area contributed by atoms with Crippen molar-refractivity contribution in [3.63, 3.8) is 0 Å². The number of methoxy groups -OCH3 is 1. The molecule has 2 heterocycles. The summed E-state index contributed by atoms with van der Waals surface area (Å²) in [6.07, 6.45) is 7.02. The Kier molecular flexibility index (Phi) is 4.19. The van der Waals surface area contributed by atoms with E-state index in [4.69, 9.17) is 4.74 Å². The minimum atomic E-state index is -0.410. The number of aromatic nitrogens is 2. The van der Waals surface area contributed by atoms with Crippen molar-refractivity contribution in [2.75, 3.05) is 7.11 Å². The van der Waals surface area contributed by atoms with Gasteiger partial charge in [-0.2, -0.15) is 0 Å². The smallest absolute Gasteiger partial charge is 0.337 e. The number of ether oxygens (including phenoxy) is 1. The Morgan fingerprint density at radius 2 is 2.22 bits per heavy atom. The predicted octanol–water partition coefficient (Wildman–Crippen LogP) is 2.88. The van der Waals surface area contributed by atoms with Crippen molar-refractivity contribution in [2.24, 2.45) is 0 Å². The average molecular weight is 308 g/mol. The number of hydrogen-bond donors (Lipinski definition) is 0. The molecule has 0 amide bonds. The highest BCUT2D eigenvalue weighted by Crippen LogP contribution is 2.22. The average Bonchev–Trinajstić information content (AvgIpc) is 2.97. The van der Waals surface area contributed by atoms with E-state index in [1.54, 1.807) is 18.3 Å². The van der Waals surface area contributed by atoms with Crippen molar-refractivity contribution in [1.29, 1.82) is 0 Å². The number of carbonyl (C=O) groups is 2. The van der Waals surface area contributed by atoms with Crippen LogP contribution >= 0.6 is 0 Å². The largest absolute Gasteiger partial charge is 0.465 e. The number of aldehydes is 1. The zero-order valence-electron chi connectivity index (χ0n) is 12.7. The van der Waals surface area contributed by atoms with E-state index < -0.39 is 5.97 Å². The van der Waals surface area contributed by atoms with Crippen LogP contribution in [0.4, 0.5) is 0 Å². The molecule has 0 aliphatic heterocycles. The maximum absolute atomic E-state index is 11.6. The number of benzene rings is 1. The highest BCUT2D eigenvalue weighted by molar-refractivity contribution is 6.01. The van der Waals surface area contributed by atoms with Gasteiger partial charge in [0.2, 0.25) is 0 Å². The molecule has 0 spiro atoms. The van der Waals surface area contributed by atoms with Gasteiger partial charge in [-0.05, 0) is 36.2 Å². The first-order chi connectivity index (χ1) is 11.2. The van der Waals surface area contributed by atoms with Crippen LogP contribution < -0.4 is 0 Å². The summed E-state index contributed by atoms with van der Waals surface area (Å²) in [4.78, 5) is 27.1. The van der Waals surface area contributed by atoms with Gasteiger partial charge in [0.15, 0.2) is 6.29 Å². The second-order valence-electron chi connectivity index (χ2n) is 5.23. The normalized spacial score (nSPS) is 10.7. The maximum atomic E-state index is 11.6. The number of nitrogens with zero attached hydrogens (tertiary/aromatic N) is 2. The first-order valence-corrected chi connectivity index (χ1v) is 7.28. The third kappa shape index (κ3) is 2.99. The SMILES string of the molecule is COC(=O)c1ccc2c(c1)c(C=O)cn2CCc1cccnc1. The first-order valence-electron chi connectivity index (χ1n) is 7.28. The number of hydrogen-bond acceptors (Lipinski definition) is 4. The van der Waals surface area contributed by atoms with Crippen molar-refractivity contribution in [1.82, 2.24) is 9.55 Å². The van der Waals surface area contributed by atoms with Crippen molar-refractivity contribution >= 4 is 23.2 Å². The van der Waals surface area contributed by atoms with Crippen LogP contribution in [0.15, 0.2) is 48.9 Å². The van der Waals surface area contributed by atoms with Crippen LogP contribution in [-0.4, -0.2) is 28.9 Å². The highest BCUT2D eigenvalue weighted by atomic mass is 16.5. The van der Waals surface area contributed by atoms with E-state index in [9.17, 15) is 9.59 Å². The van der Waals surface area contributed by atoms with Crippen molar-refractivity contribution in [3.8, 4) is 0 Å². The molecule has 0 saturated carbocycles. The second kappa shape index (κ2) is 6.44. The van der Waals surface area contributed by atoms with Crippen molar-refractivity contribution < 1.29 is 14.3 Å². The van der Waals surface area contributed by atoms with Crippen molar-refractivity contribution in [2.45, 2.75) is 13.0 Å². The van der Waals surface area contributed by atoms with Crippen LogP contribution in [0, 0.1) is 0 Å². The van der Waals surface area contributed by atoms with Crippen LogP contribution in [0.3, 0.4) is 0 Å². The molecule has 5 nitrogen and oxygen atoms in total. The molecule has 116 valence electrons. The first kappa shape index (κ1) is 15.0. The number of esters is 1. The van der Waals surface area contributed by atoms with Gasteiger partial charge in [0.1, 0.15) is 0 Å². The third-order valence-corrected chi connectivity index (χ3v) is 3.82. The Labute approximate surface area is 133 Å². The number of carbonyl (C=O) groups excluding carboxylic acids is 2. The van der Waals surface area contributed by atoms with Gasteiger partial charge in [0.25, 0.3) is 0 Å². The van der Waals surface area contributed by atoms with E-state index in [1.165, 1.54) is 7.11 Å². The second-order valence-corrected chi connectivity index (χ2v) is 5.23. The highest BCUT2D eigenvalue weighted by Gasteiger charge is 2.12. The molecule has 0 unspecified atom stereocenters. The molecular weight excluding hydrogens is 292 g/mol. The molecule has 23 heavy (non-hydrogen) atoms. The molecule has 0 radical (unpaired) electrons. The molecule has 3 aromatic rings. The Bertz CT molecular complexity index is 853. The van der Waals surface area contributed by atoms with Gasteiger partial charge < -0.3 is 9.30 Å².